The van der Waals surface area contributed by atoms with Crippen LogP contribution in [0.15, 0.2) is 59.9 Å². The van der Waals surface area contributed by atoms with E-state index in [1.165, 1.54) is 0 Å². The number of hydrogen-bond acceptors (Lipinski definition) is 5. The third kappa shape index (κ3) is 2.65. The molecule has 1 atom stereocenters. The van der Waals surface area contributed by atoms with E-state index in [1.807, 2.05) is 48.0 Å². The summed E-state index contributed by atoms with van der Waals surface area (Å²) in [6.45, 7) is 2.05. The lowest BCUT2D eigenvalue weighted by molar-refractivity contribution is -0.116. The largest absolute Gasteiger partial charge is 0.328 e. The van der Waals surface area contributed by atoms with Gasteiger partial charge in [0, 0.05) is 29.5 Å². The second-order valence-corrected chi connectivity index (χ2v) is 7.02. The highest BCUT2D eigenvalue weighted by Crippen LogP contribution is 2.39. The third-order valence-corrected chi connectivity index (χ3v) is 5.11. The number of benzene rings is 1. The summed E-state index contributed by atoms with van der Waals surface area (Å²) in [4.78, 5) is 22.0. The molecular formula is C21H19N5O. The number of allylic oxidation sites excluding steroid dienone is 2. The number of pyridine rings is 1. The van der Waals surface area contributed by atoms with Crippen molar-refractivity contribution in [2.45, 2.75) is 32.2 Å². The molecule has 6 heteroatoms. The summed E-state index contributed by atoms with van der Waals surface area (Å²) in [5.74, 6) is 1.47. The molecule has 6 nitrogen and oxygen atoms in total. The molecule has 1 aliphatic heterocycles. The number of carbonyl (C=O) groups excluding carboxylic acids is 1. The standard InChI is InChI=1S/C21H19N5O/c1-13-6-4-7-14(12-13)20-24-21-23-15-9-5-10-17(27)18(15)19(26(21)25-20)16-8-2-3-11-22-16/h2-4,6-8,11-12,19H,5,9-10H2,1H3,(H,23,24,25). The lowest BCUT2D eigenvalue weighted by Crippen LogP contribution is -2.32. The van der Waals surface area contributed by atoms with Crippen LogP contribution >= 0.6 is 0 Å². The summed E-state index contributed by atoms with van der Waals surface area (Å²) in [7, 11) is 0. The zero-order chi connectivity index (χ0) is 18.4. The first kappa shape index (κ1) is 15.9. The summed E-state index contributed by atoms with van der Waals surface area (Å²) >= 11 is 0. The maximum Gasteiger partial charge on any atom is 0.226 e. The number of Topliss-reactive ketones (excluding diaryl/α,β-unsaturated/α-hetero) is 1. The number of hydrogen-bond donors (Lipinski definition) is 1. The molecular weight excluding hydrogens is 338 g/mol. The molecule has 0 radical (unpaired) electrons. The summed E-state index contributed by atoms with van der Waals surface area (Å²) in [5, 5.41) is 8.12. The molecule has 1 aliphatic carbocycles. The first-order chi connectivity index (χ1) is 13.2. The van der Waals surface area contributed by atoms with Gasteiger partial charge in [-0.3, -0.25) is 9.78 Å². The highest BCUT2D eigenvalue weighted by Gasteiger charge is 2.37. The molecule has 27 heavy (non-hydrogen) atoms. The molecule has 3 aromatic rings. The van der Waals surface area contributed by atoms with E-state index < -0.39 is 0 Å². The van der Waals surface area contributed by atoms with Crippen LogP contribution in [0.4, 0.5) is 5.95 Å². The molecule has 2 aromatic heterocycles. The van der Waals surface area contributed by atoms with Crippen LogP contribution in [-0.4, -0.2) is 25.5 Å². The Labute approximate surface area is 157 Å². The topological polar surface area (TPSA) is 72.7 Å². The van der Waals surface area contributed by atoms with Crippen molar-refractivity contribution in [2.75, 3.05) is 5.32 Å². The molecule has 0 saturated carbocycles. The molecule has 1 aromatic carbocycles. The van der Waals surface area contributed by atoms with E-state index >= 15 is 0 Å². The van der Waals surface area contributed by atoms with E-state index in [2.05, 4.69) is 16.4 Å². The second-order valence-electron chi connectivity index (χ2n) is 7.02. The fraction of sp³-hybridized carbons (Fsp3) is 0.238. The third-order valence-electron chi connectivity index (χ3n) is 5.11. The molecule has 0 spiro atoms. The number of ketones is 1. The van der Waals surface area contributed by atoms with Crippen LogP contribution in [0.3, 0.4) is 0 Å². The summed E-state index contributed by atoms with van der Waals surface area (Å²) in [5.41, 5.74) is 4.65. The van der Waals surface area contributed by atoms with Gasteiger partial charge in [0.05, 0.1) is 5.69 Å². The predicted octanol–water partition coefficient (Wildman–Crippen LogP) is 3.67. The second kappa shape index (κ2) is 6.16. The molecule has 134 valence electrons. The maximum absolute atomic E-state index is 12.8. The molecule has 0 saturated heterocycles. The van der Waals surface area contributed by atoms with E-state index in [1.54, 1.807) is 6.20 Å². The highest BCUT2D eigenvalue weighted by molar-refractivity contribution is 5.99. The van der Waals surface area contributed by atoms with Gasteiger partial charge in [-0.1, -0.05) is 29.8 Å². The van der Waals surface area contributed by atoms with E-state index in [-0.39, 0.29) is 11.8 Å². The summed E-state index contributed by atoms with van der Waals surface area (Å²) in [6.07, 6.45) is 4.02. The first-order valence-corrected chi connectivity index (χ1v) is 9.18. The van der Waals surface area contributed by atoms with Crippen LogP contribution in [0, 0.1) is 6.92 Å². The quantitative estimate of drug-likeness (QED) is 0.757. The average molecular weight is 357 g/mol. The number of fused-ring (bicyclic) bond motifs is 1. The minimum absolute atomic E-state index is 0.164. The normalized spacial score (nSPS) is 18.7. The first-order valence-electron chi connectivity index (χ1n) is 9.18. The number of aromatic nitrogens is 4. The Morgan fingerprint density at radius 1 is 1.15 bits per heavy atom. The van der Waals surface area contributed by atoms with Crippen LogP contribution in [0.25, 0.3) is 11.4 Å². The molecule has 3 heterocycles. The lowest BCUT2D eigenvalue weighted by Gasteiger charge is -2.31. The van der Waals surface area contributed by atoms with Crippen molar-refractivity contribution in [1.82, 2.24) is 19.7 Å². The Kier molecular flexibility index (Phi) is 3.63. The lowest BCUT2D eigenvalue weighted by atomic mass is 9.87. The average Bonchev–Trinajstić information content (AvgIpc) is 3.11. The van der Waals surface area contributed by atoms with Gasteiger partial charge in [0.1, 0.15) is 6.04 Å². The number of nitrogens with zero attached hydrogens (tertiary/aromatic N) is 4. The van der Waals surface area contributed by atoms with Crippen LogP contribution in [0.2, 0.25) is 0 Å². The van der Waals surface area contributed by atoms with Gasteiger partial charge in [-0.25, -0.2) is 4.68 Å². The Balaban J connectivity index is 1.68. The van der Waals surface area contributed by atoms with Crippen molar-refractivity contribution in [3.05, 3.63) is 71.2 Å². The number of nitrogens with one attached hydrogen (secondary N) is 1. The van der Waals surface area contributed by atoms with Gasteiger partial charge < -0.3 is 5.32 Å². The fourth-order valence-corrected chi connectivity index (χ4v) is 3.87. The number of anilines is 1. The Bertz CT molecular complexity index is 1070. The van der Waals surface area contributed by atoms with E-state index in [0.29, 0.717) is 18.2 Å². The minimum Gasteiger partial charge on any atom is -0.328 e. The Morgan fingerprint density at radius 3 is 2.89 bits per heavy atom. The molecule has 1 N–H and O–H groups in total. The Morgan fingerprint density at radius 2 is 2.07 bits per heavy atom. The molecule has 1 unspecified atom stereocenters. The van der Waals surface area contributed by atoms with Gasteiger partial charge in [0.2, 0.25) is 5.95 Å². The van der Waals surface area contributed by atoms with Crippen LogP contribution in [-0.2, 0) is 4.79 Å². The number of rotatable bonds is 2. The highest BCUT2D eigenvalue weighted by atomic mass is 16.1. The molecule has 0 fully saturated rings. The van der Waals surface area contributed by atoms with Crippen molar-refractivity contribution < 1.29 is 4.79 Å². The molecule has 0 amide bonds. The minimum atomic E-state index is -0.337. The summed E-state index contributed by atoms with van der Waals surface area (Å²) < 4.78 is 1.81. The van der Waals surface area contributed by atoms with Crippen molar-refractivity contribution in [1.29, 1.82) is 0 Å². The molecule has 2 aliphatic rings. The smallest absolute Gasteiger partial charge is 0.226 e. The predicted molar refractivity (Wildman–Crippen MR) is 102 cm³/mol. The summed E-state index contributed by atoms with van der Waals surface area (Å²) in [6, 6.07) is 13.5. The maximum atomic E-state index is 12.8. The number of aryl methyl sites for hydroxylation is 1. The van der Waals surface area contributed by atoms with Crippen molar-refractivity contribution in [2.24, 2.45) is 0 Å². The van der Waals surface area contributed by atoms with Gasteiger partial charge >= 0.3 is 0 Å². The van der Waals surface area contributed by atoms with Gasteiger partial charge in [-0.15, -0.1) is 5.10 Å². The van der Waals surface area contributed by atoms with E-state index in [4.69, 9.17) is 10.1 Å². The number of carbonyl (C=O) groups is 1. The van der Waals surface area contributed by atoms with Gasteiger partial charge in [-0.05, 0) is 38.0 Å². The fourth-order valence-electron chi connectivity index (χ4n) is 3.87. The van der Waals surface area contributed by atoms with Gasteiger partial charge in [-0.2, -0.15) is 4.98 Å². The monoisotopic (exact) mass is 357 g/mol. The van der Waals surface area contributed by atoms with Gasteiger partial charge in [0.15, 0.2) is 11.6 Å². The van der Waals surface area contributed by atoms with Crippen LogP contribution in [0.5, 0.6) is 0 Å². The van der Waals surface area contributed by atoms with Crippen molar-refractivity contribution in [3.8, 4) is 11.4 Å². The van der Waals surface area contributed by atoms with Crippen molar-refractivity contribution in [3.63, 3.8) is 0 Å². The van der Waals surface area contributed by atoms with Gasteiger partial charge in [0.25, 0.3) is 0 Å². The van der Waals surface area contributed by atoms with E-state index in [0.717, 1.165) is 40.9 Å². The molecule has 0 bridgehead atoms. The SMILES string of the molecule is Cc1cccc(-c2nc3n(n2)C(c2ccccn2)C2=C(CCCC2=O)N3)c1. The van der Waals surface area contributed by atoms with Crippen molar-refractivity contribution >= 4 is 11.7 Å². The van der Waals surface area contributed by atoms with Crippen LogP contribution in [0.1, 0.15) is 36.6 Å². The van der Waals surface area contributed by atoms with Crippen LogP contribution < -0.4 is 5.32 Å². The Hall–Kier alpha value is -3.28. The zero-order valence-electron chi connectivity index (χ0n) is 15.0. The zero-order valence-corrected chi connectivity index (χ0v) is 15.0. The molecule has 5 rings (SSSR count). The van der Waals surface area contributed by atoms with E-state index in [9.17, 15) is 4.79 Å².